The van der Waals surface area contributed by atoms with Crippen LogP contribution in [0.1, 0.15) is 43.9 Å². The highest BCUT2D eigenvalue weighted by molar-refractivity contribution is 6.02. The minimum Gasteiger partial charge on any atom is -0.497 e. The molecule has 0 saturated heterocycles. The number of allylic oxidation sites excluding steroid dienone is 1. The van der Waals surface area contributed by atoms with Crippen LogP contribution >= 0.6 is 0 Å². The molecule has 1 amide bonds. The van der Waals surface area contributed by atoms with E-state index in [2.05, 4.69) is 29.5 Å². The number of nitrogens with zero attached hydrogens (tertiary/aromatic N) is 1. The first-order valence-electron chi connectivity index (χ1n) is 15.8. The fourth-order valence-electron chi connectivity index (χ4n) is 6.86. The van der Waals surface area contributed by atoms with Crippen molar-refractivity contribution in [3.8, 4) is 23.0 Å². The van der Waals surface area contributed by atoms with Gasteiger partial charge in [-0.05, 0) is 60.2 Å². The Balaban J connectivity index is 1.39. The number of nitrogens with one attached hydrogen (secondary N) is 3. The maximum atomic E-state index is 14.2. The van der Waals surface area contributed by atoms with Crippen molar-refractivity contribution < 1.29 is 28.5 Å². The maximum absolute atomic E-state index is 14.2. The van der Waals surface area contributed by atoms with E-state index in [4.69, 9.17) is 18.9 Å². The first-order chi connectivity index (χ1) is 22.7. The van der Waals surface area contributed by atoms with Crippen molar-refractivity contribution in [1.29, 1.82) is 0 Å². The van der Waals surface area contributed by atoms with Crippen LogP contribution in [0.3, 0.4) is 0 Å². The Morgan fingerprint density at radius 3 is 2.43 bits per heavy atom. The van der Waals surface area contributed by atoms with E-state index in [0.717, 1.165) is 39.3 Å². The van der Waals surface area contributed by atoms with Gasteiger partial charge in [0.05, 0.1) is 52.4 Å². The number of aromatic amines is 1. The van der Waals surface area contributed by atoms with Gasteiger partial charge in [0, 0.05) is 53.0 Å². The molecule has 47 heavy (non-hydrogen) atoms. The number of ketones is 1. The minimum absolute atomic E-state index is 0.00395. The smallest absolute Gasteiger partial charge is 0.239 e. The van der Waals surface area contributed by atoms with Crippen LogP contribution in [0.2, 0.25) is 0 Å². The highest BCUT2D eigenvalue weighted by Crippen LogP contribution is 2.51. The van der Waals surface area contributed by atoms with Crippen LogP contribution in [-0.4, -0.2) is 58.2 Å². The van der Waals surface area contributed by atoms with Crippen LogP contribution in [0.5, 0.6) is 23.0 Å². The summed E-state index contributed by atoms with van der Waals surface area (Å²) in [6.07, 6.45) is 3.65. The van der Waals surface area contributed by atoms with Crippen molar-refractivity contribution in [3.05, 3.63) is 83.2 Å². The quantitative estimate of drug-likeness (QED) is 0.189. The summed E-state index contributed by atoms with van der Waals surface area (Å²) in [4.78, 5) is 33.3. The summed E-state index contributed by atoms with van der Waals surface area (Å²) in [5.41, 5.74) is 5.65. The molecule has 0 saturated carbocycles. The lowest BCUT2D eigenvalue weighted by atomic mass is 9.73. The maximum Gasteiger partial charge on any atom is 0.239 e. The van der Waals surface area contributed by atoms with E-state index in [9.17, 15) is 9.59 Å². The van der Waals surface area contributed by atoms with E-state index in [1.807, 2.05) is 59.6 Å². The van der Waals surface area contributed by atoms with Crippen LogP contribution in [0.25, 0.3) is 10.9 Å². The van der Waals surface area contributed by atoms with E-state index in [1.165, 1.54) is 0 Å². The SMILES string of the molecule is COc1ccc2[nH]cc(CCNC(=O)CN3c4ccccc4NC4=C(C(=O)CC(C)(C)C4)C3c3cc(OC)c(OC)cc3OC)c2c1. The molecule has 1 unspecified atom stereocenters. The number of carbonyl (C=O) groups excluding carboxylic acids is 2. The van der Waals surface area contributed by atoms with E-state index >= 15 is 0 Å². The summed E-state index contributed by atoms with van der Waals surface area (Å²) in [6, 6.07) is 16.7. The summed E-state index contributed by atoms with van der Waals surface area (Å²) >= 11 is 0. The average Bonchev–Trinajstić information content (AvgIpc) is 3.40. The Labute approximate surface area is 275 Å². The van der Waals surface area contributed by atoms with Gasteiger partial charge in [0.25, 0.3) is 0 Å². The number of aromatic nitrogens is 1. The molecule has 10 nitrogen and oxygen atoms in total. The van der Waals surface area contributed by atoms with Crippen molar-refractivity contribution in [2.45, 2.75) is 39.2 Å². The summed E-state index contributed by atoms with van der Waals surface area (Å²) in [5.74, 6) is 2.16. The van der Waals surface area contributed by atoms with E-state index in [-0.39, 0.29) is 23.7 Å². The molecule has 4 aromatic rings. The van der Waals surface area contributed by atoms with Gasteiger partial charge < -0.3 is 39.5 Å². The molecule has 246 valence electrons. The molecule has 1 aliphatic heterocycles. The third-order valence-corrected chi connectivity index (χ3v) is 9.04. The molecule has 10 heteroatoms. The Bertz CT molecular complexity index is 1860. The lowest BCUT2D eigenvalue weighted by Gasteiger charge is -2.38. The number of benzene rings is 3. The van der Waals surface area contributed by atoms with Crippen LogP contribution < -0.4 is 34.5 Å². The Morgan fingerprint density at radius 1 is 0.936 bits per heavy atom. The molecular formula is C37H42N4O6. The Morgan fingerprint density at radius 2 is 1.68 bits per heavy atom. The van der Waals surface area contributed by atoms with Crippen molar-refractivity contribution in [2.75, 3.05) is 51.7 Å². The van der Waals surface area contributed by atoms with Crippen molar-refractivity contribution in [1.82, 2.24) is 10.3 Å². The molecular weight excluding hydrogens is 596 g/mol. The number of methoxy groups -OCH3 is 4. The molecule has 1 aromatic heterocycles. The zero-order chi connectivity index (χ0) is 33.3. The lowest BCUT2D eigenvalue weighted by Crippen LogP contribution is -2.42. The molecule has 0 bridgehead atoms. The number of hydrogen-bond acceptors (Lipinski definition) is 8. The zero-order valence-corrected chi connectivity index (χ0v) is 27.8. The van der Waals surface area contributed by atoms with Crippen molar-refractivity contribution in [3.63, 3.8) is 0 Å². The third kappa shape index (κ3) is 6.19. The Kier molecular flexibility index (Phi) is 8.77. The second kappa shape index (κ2) is 12.9. The number of hydrogen-bond donors (Lipinski definition) is 3. The Hall–Kier alpha value is -5.12. The third-order valence-electron chi connectivity index (χ3n) is 9.04. The molecule has 0 fully saturated rings. The molecule has 0 spiro atoms. The topological polar surface area (TPSA) is 114 Å². The molecule has 6 rings (SSSR count). The fraction of sp³-hybridized carbons (Fsp3) is 0.351. The largest absolute Gasteiger partial charge is 0.497 e. The van der Waals surface area contributed by atoms with Gasteiger partial charge in [-0.25, -0.2) is 0 Å². The normalized spacial score (nSPS) is 16.9. The second-order valence-corrected chi connectivity index (χ2v) is 12.8. The number of ether oxygens (including phenoxy) is 4. The number of amides is 1. The van der Waals surface area contributed by atoms with Crippen LogP contribution in [0.4, 0.5) is 11.4 Å². The van der Waals surface area contributed by atoms with E-state index in [1.54, 1.807) is 34.5 Å². The number of Topliss-reactive ketones (excluding diaryl/α,β-unsaturated/α-hetero) is 1. The predicted molar refractivity (Wildman–Crippen MR) is 183 cm³/mol. The number of anilines is 2. The second-order valence-electron chi connectivity index (χ2n) is 12.8. The monoisotopic (exact) mass is 638 g/mol. The highest BCUT2D eigenvalue weighted by atomic mass is 16.5. The van der Waals surface area contributed by atoms with Crippen molar-refractivity contribution in [2.24, 2.45) is 5.41 Å². The van der Waals surface area contributed by atoms with Gasteiger partial charge in [-0.1, -0.05) is 26.0 Å². The number of rotatable bonds is 10. The van der Waals surface area contributed by atoms with Gasteiger partial charge >= 0.3 is 0 Å². The number of para-hydroxylation sites is 2. The molecule has 1 atom stereocenters. The van der Waals surface area contributed by atoms with Crippen LogP contribution in [0.15, 0.2) is 72.1 Å². The van der Waals surface area contributed by atoms with E-state index < -0.39 is 6.04 Å². The molecule has 2 heterocycles. The average molecular weight is 639 g/mol. The minimum atomic E-state index is -0.647. The van der Waals surface area contributed by atoms with E-state index in [0.29, 0.717) is 54.2 Å². The highest BCUT2D eigenvalue weighted by Gasteiger charge is 2.43. The van der Waals surface area contributed by atoms with Crippen molar-refractivity contribution >= 4 is 34.0 Å². The van der Waals surface area contributed by atoms with Crippen LogP contribution in [-0.2, 0) is 16.0 Å². The van der Waals surface area contributed by atoms with Gasteiger partial charge in [0.2, 0.25) is 5.91 Å². The molecule has 1 aliphatic carbocycles. The van der Waals surface area contributed by atoms with Gasteiger partial charge in [-0.15, -0.1) is 0 Å². The predicted octanol–water partition coefficient (Wildman–Crippen LogP) is 6.18. The van der Waals surface area contributed by atoms with Gasteiger partial charge in [-0.2, -0.15) is 0 Å². The number of carbonyl (C=O) groups is 2. The summed E-state index contributed by atoms with van der Waals surface area (Å²) in [6.45, 7) is 4.64. The summed E-state index contributed by atoms with van der Waals surface area (Å²) < 4.78 is 22.6. The summed E-state index contributed by atoms with van der Waals surface area (Å²) in [7, 11) is 6.38. The summed E-state index contributed by atoms with van der Waals surface area (Å²) in [5, 5.41) is 7.79. The fourth-order valence-corrected chi connectivity index (χ4v) is 6.86. The molecule has 2 aliphatic rings. The molecule has 3 N–H and O–H groups in total. The standard InChI is InChI=1S/C37H42N4O6/c1-37(2)18-28-35(30(42)19-37)36(25-16-32(46-5)33(47-6)17-31(25)45-4)41(29-10-8-7-9-27(29)40-28)21-34(43)38-14-13-22-20-39-26-12-11-23(44-3)15-24(22)26/h7-12,15-17,20,36,39-40H,13-14,18-19,21H2,1-6H3,(H,38,43). The first kappa shape index (κ1) is 31.8. The molecule has 3 aromatic carbocycles. The van der Waals surface area contributed by atoms with Gasteiger partial charge in [0.15, 0.2) is 17.3 Å². The number of H-pyrrole nitrogens is 1. The van der Waals surface area contributed by atoms with Gasteiger partial charge in [-0.3, -0.25) is 9.59 Å². The van der Waals surface area contributed by atoms with Gasteiger partial charge in [0.1, 0.15) is 11.5 Å². The lowest BCUT2D eigenvalue weighted by molar-refractivity contribution is -0.120. The zero-order valence-electron chi connectivity index (χ0n) is 27.8. The first-order valence-corrected chi connectivity index (χ1v) is 15.8. The van der Waals surface area contributed by atoms with Crippen LogP contribution in [0, 0.1) is 5.41 Å². The molecule has 0 radical (unpaired) electrons. The number of fused-ring (bicyclic) bond motifs is 2.